The van der Waals surface area contributed by atoms with Crippen molar-refractivity contribution >= 4 is 5.91 Å². The lowest BCUT2D eigenvalue weighted by Gasteiger charge is -2.03. The molecule has 0 spiro atoms. The molecule has 13 heavy (non-hydrogen) atoms. The van der Waals surface area contributed by atoms with Gasteiger partial charge in [-0.15, -0.1) is 6.42 Å². The average molecular weight is 174 g/mol. The van der Waals surface area contributed by atoms with Gasteiger partial charge in [0, 0.05) is 18.0 Å². The fraction of sp³-hybridized carbons (Fsp3) is 0.200. The number of aryl methyl sites for hydroxylation is 1. The van der Waals surface area contributed by atoms with E-state index in [-0.39, 0.29) is 12.5 Å². The fourth-order valence-corrected chi connectivity index (χ4v) is 0.955. The summed E-state index contributed by atoms with van der Waals surface area (Å²) in [7, 11) is 0. The molecule has 0 atom stereocenters. The van der Waals surface area contributed by atoms with Crippen molar-refractivity contribution in [3.63, 3.8) is 0 Å². The van der Waals surface area contributed by atoms with E-state index < -0.39 is 0 Å². The third kappa shape index (κ3) is 2.31. The van der Waals surface area contributed by atoms with Gasteiger partial charge >= 0.3 is 0 Å². The van der Waals surface area contributed by atoms with Crippen molar-refractivity contribution < 1.29 is 4.79 Å². The number of nitrogens with zero attached hydrogens (tertiary/aromatic N) is 1. The molecule has 1 amide bonds. The number of aromatic nitrogens is 1. The molecule has 1 rings (SSSR count). The van der Waals surface area contributed by atoms with E-state index in [1.54, 1.807) is 18.5 Å². The highest BCUT2D eigenvalue weighted by Crippen LogP contribution is 2.03. The molecular weight excluding hydrogens is 164 g/mol. The SMILES string of the molecule is C#CCNC(=O)c1ccncc1C. The van der Waals surface area contributed by atoms with Crippen LogP contribution in [0.25, 0.3) is 0 Å². The van der Waals surface area contributed by atoms with E-state index in [0.717, 1.165) is 5.56 Å². The average Bonchev–Trinajstić information content (AvgIpc) is 2.15. The molecule has 0 aliphatic rings. The normalized spacial score (nSPS) is 8.92. The summed E-state index contributed by atoms with van der Waals surface area (Å²) < 4.78 is 0. The maximum Gasteiger partial charge on any atom is 0.252 e. The van der Waals surface area contributed by atoms with Gasteiger partial charge in [-0.2, -0.15) is 0 Å². The van der Waals surface area contributed by atoms with Crippen molar-refractivity contribution in [2.45, 2.75) is 6.92 Å². The van der Waals surface area contributed by atoms with E-state index in [1.165, 1.54) is 0 Å². The van der Waals surface area contributed by atoms with E-state index in [4.69, 9.17) is 6.42 Å². The van der Waals surface area contributed by atoms with E-state index in [9.17, 15) is 4.79 Å². The van der Waals surface area contributed by atoms with Crippen LogP contribution in [-0.4, -0.2) is 17.4 Å². The predicted octanol–water partition coefficient (Wildman–Crippen LogP) is 0.753. The van der Waals surface area contributed by atoms with Gasteiger partial charge in [0.25, 0.3) is 5.91 Å². The summed E-state index contributed by atoms with van der Waals surface area (Å²) in [5, 5.41) is 2.59. The van der Waals surface area contributed by atoms with Gasteiger partial charge in [0.15, 0.2) is 0 Å². The first-order chi connectivity index (χ1) is 6.25. The smallest absolute Gasteiger partial charge is 0.252 e. The summed E-state index contributed by atoms with van der Waals surface area (Å²) in [5.74, 6) is 2.19. The molecular formula is C10H10N2O. The van der Waals surface area contributed by atoms with Crippen LogP contribution in [0.15, 0.2) is 18.5 Å². The zero-order valence-corrected chi connectivity index (χ0v) is 7.37. The Balaban J connectivity index is 2.78. The molecule has 0 aromatic carbocycles. The number of hydrogen-bond acceptors (Lipinski definition) is 2. The molecule has 0 saturated carbocycles. The third-order valence-corrected chi connectivity index (χ3v) is 1.62. The molecule has 66 valence electrons. The zero-order chi connectivity index (χ0) is 9.68. The van der Waals surface area contributed by atoms with Crippen molar-refractivity contribution in [3.8, 4) is 12.3 Å². The highest BCUT2D eigenvalue weighted by molar-refractivity contribution is 5.95. The number of carbonyl (C=O) groups excluding carboxylic acids is 1. The monoisotopic (exact) mass is 174 g/mol. The second-order valence-corrected chi connectivity index (χ2v) is 2.58. The van der Waals surface area contributed by atoms with Gasteiger partial charge in [-0.25, -0.2) is 0 Å². The van der Waals surface area contributed by atoms with E-state index >= 15 is 0 Å². The third-order valence-electron chi connectivity index (χ3n) is 1.62. The topological polar surface area (TPSA) is 42.0 Å². The largest absolute Gasteiger partial charge is 0.341 e. The Morgan fingerprint density at radius 3 is 3.15 bits per heavy atom. The fourth-order valence-electron chi connectivity index (χ4n) is 0.955. The molecule has 0 fully saturated rings. The lowest BCUT2D eigenvalue weighted by atomic mass is 10.1. The minimum Gasteiger partial charge on any atom is -0.341 e. The van der Waals surface area contributed by atoms with Crippen molar-refractivity contribution in [1.29, 1.82) is 0 Å². The van der Waals surface area contributed by atoms with Crippen LogP contribution in [0.3, 0.4) is 0 Å². The molecule has 1 N–H and O–H groups in total. The van der Waals surface area contributed by atoms with Crippen molar-refractivity contribution in [3.05, 3.63) is 29.6 Å². The Morgan fingerprint density at radius 2 is 2.54 bits per heavy atom. The standard InChI is InChI=1S/C10H10N2O/c1-3-5-12-10(13)9-4-6-11-7-8(9)2/h1,4,6-7H,5H2,2H3,(H,12,13). The van der Waals surface area contributed by atoms with Gasteiger partial charge in [-0.3, -0.25) is 9.78 Å². The molecule has 3 heteroatoms. The number of rotatable bonds is 2. The van der Waals surface area contributed by atoms with Gasteiger partial charge in [0.2, 0.25) is 0 Å². The molecule has 0 bridgehead atoms. The van der Waals surface area contributed by atoms with Crippen LogP contribution in [0.1, 0.15) is 15.9 Å². The number of terminal acetylenes is 1. The number of hydrogen-bond donors (Lipinski definition) is 1. The summed E-state index contributed by atoms with van der Waals surface area (Å²) >= 11 is 0. The molecule has 1 aromatic heterocycles. The van der Waals surface area contributed by atoms with Crippen LogP contribution in [0, 0.1) is 19.3 Å². The van der Waals surface area contributed by atoms with Crippen molar-refractivity contribution in [2.75, 3.05) is 6.54 Å². The predicted molar refractivity (Wildman–Crippen MR) is 50.1 cm³/mol. The first-order valence-electron chi connectivity index (χ1n) is 3.88. The summed E-state index contributed by atoms with van der Waals surface area (Å²) in [6.07, 6.45) is 8.24. The van der Waals surface area contributed by atoms with Crippen molar-refractivity contribution in [2.24, 2.45) is 0 Å². The highest BCUT2D eigenvalue weighted by atomic mass is 16.1. The van der Waals surface area contributed by atoms with Gasteiger partial charge < -0.3 is 5.32 Å². The Labute approximate surface area is 77.2 Å². The molecule has 1 aromatic rings. The van der Waals surface area contributed by atoms with E-state index in [0.29, 0.717) is 5.56 Å². The molecule has 1 heterocycles. The van der Waals surface area contributed by atoms with Gasteiger partial charge in [0.1, 0.15) is 0 Å². The van der Waals surface area contributed by atoms with Gasteiger partial charge in [-0.05, 0) is 18.6 Å². The van der Waals surface area contributed by atoms with Crippen LogP contribution in [0.2, 0.25) is 0 Å². The van der Waals surface area contributed by atoms with Gasteiger partial charge in [-0.1, -0.05) is 5.92 Å². The number of carbonyl (C=O) groups is 1. The van der Waals surface area contributed by atoms with Crippen LogP contribution in [0.4, 0.5) is 0 Å². The second-order valence-electron chi connectivity index (χ2n) is 2.58. The summed E-state index contributed by atoms with van der Waals surface area (Å²) in [5.41, 5.74) is 1.46. The summed E-state index contributed by atoms with van der Waals surface area (Å²) in [4.78, 5) is 15.3. The summed E-state index contributed by atoms with van der Waals surface area (Å²) in [6.45, 7) is 2.08. The minimum absolute atomic E-state index is 0.155. The maximum absolute atomic E-state index is 11.4. The molecule has 0 aliphatic heterocycles. The molecule has 0 radical (unpaired) electrons. The lowest BCUT2D eigenvalue weighted by Crippen LogP contribution is -2.24. The lowest BCUT2D eigenvalue weighted by molar-refractivity contribution is 0.0958. The van der Waals surface area contributed by atoms with Gasteiger partial charge in [0.05, 0.1) is 6.54 Å². The quantitative estimate of drug-likeness (QED) is 0.672. The van der Waals surface area contributed by atoms with Crippen LogP contribution >= 0.6 is 0 Å². The maximum atomic E-state index is 11.4. The first-order valence-corrected chi connectivity index (χ1v) is 3.88. The van der Waals surface area contributed by atoms with Crippen LogP contribution in [0.5, 0.6) is 0 Å². The summed E-state index contributed by atoms with van der Waals surface area (Å²) in [6, 6.07) is 1.67. The van der Waals surface area contributed by atoms with Crippen molar-refractivity contribution in [1.82, 2.24) is 10.3 Å². The van der Waals surface area contributed by atoms with Crippen LogP contribution < -0.4 is 5.32 Å². The first kappa shape index (κ1) is 9.27. The molecule has 3 nitrogen and oxygen atoms in total. The number of nitrogens with one attached hydrogen (secondary N) is 1. The highest BCUT2D eigenvalue weighted by Gasteiger charge is 2.06. The Kier molecular flexibility index (Phi) is 3.04. The molecule has 0 aliphatic carbocycles. The van der Waals surface area contributed by atoms with E-state index in [1.807, 2.05) is 6.92 Å². The number of amides is 1. The Morgan fingerprint density at radius 1 is 1.77 bits per heavy atom. The van der Waals surface area contributed by atoms with E-state index in [2.05, 4.69) is 16.2 Å². The van der Waals surface area contributed by atoms with Crippen LogP contribution in [-0.2, 0) is 0 Å². The Hall–Kier alpha value is -1.82. The number of pyridine rings is 1. The molecule has 0 saturated heterocycles. The Bertz CT molecular complexity index is 352. The zero-order valence-electron chi connectivity index (χ0n) is 7.37. The molecule has 0 unspecified atom stereocenters. The minimum atomic E-state index is -0.155. The second kappa shape index (κ2) is 4.27.